The fourth-order valence-electron chi connectivity index (χ4n) is 2.32. The van der Waals surface area contributed by atoms with Crippen LogP contribution >= 0.6 is 0 Å². The Morgan fingerprint density at radius 2 is 1.91 bits per heavy atom. The molecule has 1 amide bonds. The Kier molecular flexibility index (Phi) is 3.58. The number of rotatable bonds is 3. The fraction of sp³-hybridized carbons (Fsp3) is 0. The molecule has 0 saturated heterocycles. The average molecular weight is 290 g/mol. The predicted octanol–water partition coefficient (Wildman–Crippen LogP) is 3.32. The van der Waals surface area contributed by atoms with Crippen molar-refractivity contribution in [1.82, 2.24) is 4.98 Å². The van der Waals surface area contributed by atoms with E-state index in [-0.39, 0.29) is 11.3 Å². The molecule has 1 aromatic heterocycles. The third-order valence-corrected chi connectivity index (χ3v) is 3.41. The molecule has 2 aromatic carbocycles. The molecular weight excluding hydrogens is 276 g/mol. The number of pyridine rings is 1. The first-order chi connectivity index (χ1) is 10.7. The monoisotopic (exact) mass is 290 g/mol. The highest BCUT2D eigenvalue weighted by molar-refractivity contribution is 5.99. The predicted molar refractivity (Wildman–Crippen MR) is 88.8 cm³/mol. The van der Waals surface area contributed by atoms with Gasteiger partial charge in [0.05, 0.1) is 0 Å². The maximum atomic E-state index is 11.9. The Hall–Kier alpha value is -3.14. The number of hydrogen-bond donors (Lipinski definition) is 2. The molecule has 0 saturated carbocycles. The number of amides is 1. The number of hydrogen-bond acceptors (Lipinski definition) is 2. The zero-order valence-electron chi connectivity index (χ0n) is 11.8. The number of H-pyrrole nitrogens is 1. The lowest BCUT2D eigenvalue weighted by atomic mass is 10.0. The van der Waals surface area contributed by atoms with Gasteiger partial charge in [-0.05, 0) is 41.5 Å². The van der Waals surface area contributed by atoms with E-state index in [1.165, 1.54) is 12.1 Å². The van der Waals surface area contributed by atoms with Crippen molar-refractivity contribution >= 4 is 22.5 Å². The minimum Gasteiger partial charge on any atom is -0.361 e. The fourth-order valence-corrected chi connectivity index (χ4v) is 2.32. The van der Waals surface area contributed by atoms with Crippen molar-refractivity contribution in [1.29, 1.82) is 0 Å². The lowest BCUT2D eigenvalue weighted by Gasteiger charge is -2.07. The van der Waals surface area contributed by atoms with Crippen LogP contribution in [-0.4, -0.2) is 10.9 Å². The number of anilines is 1. The SMILES string of the molecule is C=CC(=O)Nc1cccc(-c2ccc3[nH]ccc(=O)c3c2)c1. The molecule has 108 valence electrons. The second kappa shape index (κ2) is 5.69. The Morgan fingerprint density at radius 3 is 2.73 bits per heavy atom. The molecule has 0 aliphatic carbocycles. The minimum absolute atomic E-state index is 0.0216. The van der Waals surface area contributed by atoms with Gasteiger partial charge in [-0.2, -0.15) is 0 Å². The molecule has 2 N–H and O–H groups in total. The summed E-state index contributed by atoms with van der Waals surface area (Å²) in [6.45, 7) is 3.43. The second-order valence-electron chi connectivity index (χ2n) is 4.88. The van der Waals surface area contributed by atoms with Gasteiger partial charge < -0.3 is 10.3 Å². The first-order valence-corrected chi connectivity index (χ1v) is 6.83. The van der Waals surface area contributed by atoms with Gasteiger partial charge in [-0.15, -0.1) is 0 Å². The van der Waals surface area contributed by atoms with Gasteiger partial charge in [-0.1, -0.05) is 24.8 Å². The topological polar surface area (TPSA) is 62.0 Å². The normalized spacial score (nSPS) is 10.4. The number of benzene rings is 2. The van der Waals surface area contributed by atoms with Crippen LogP contribution in [0.2, 0.25) is 0 Å². The lowest BCUT2D eigenvalue weighted by Crippen LogP contribution is -2.07. The highest BCUT2D eigenvalue weighted by Gasteiger charge is 2.04. The molecule has 0 unspecified atom stereocenters. The van der Waals surface area contributed by atoms with Gasteiger partial charge >= 0.3 is 0 Å². The zero-order chi connectivity index (χ0) is 15.5. The van der Waals surface area contributed by atoms with E-state index in [1.54, 1.807) is 12.3 Å². The number of carbonyl (C=O) groups excluding carboxylic acids is 1. The Balaban J connectivity index is 2.05. The lowest BCUT2D eigenvalue weighted by molar-refractivity contribution is -0.111. The van der Waals surface area contributed by atoms with Crippen LogP contribution in [0, 0.1) is 0 Å². The molecule has 4 nitrogen and oxygen atoms in total. The summed E-state index contributed by atoms with van der Waals surface area (Å²) in [5.41, 5.74) is 3.30. The second-order valence-corrected chi connectivity index (χ2v) is 4.88. The van der Waals surface area contributed by atoms with Crippen molar-refractivity contribution in [2.24, 2.45) is 0 Å². The van der Waals surface area contributed by atoms with Crippen molar-refractivity contribution in [3.05, 3.63) is 77.6 Å². The van der Waals surface area contributed by atoms with Crippen LogP contribution in [0.4, 0.5) is 5.69 Å². The Labute approximate surface area is 127 Å². The van der Waals surface area contributed by atoms with Gasteiger partial charge in [0.2, 0.25) is 5.91 Å². The van der Waals surface area contributed by atoms with E-state index in [0.29, 0.717) is 11.1 Å². The average Bonchev–Trinajstić information content (AvgIpc) is 2.55. The highest BCUT2D eigenvalue weighted by atomic mass is 16.1. The molecule has 0 atom stereocenters. The van der Waals surface area contributed by atoms with Gasteiger partial charge in [0.1, 0.15) is 0 Å². The summed E-state index contributed by atoms with van der Waals surface area (Å²) >= 11 is 0. The number of nitrogens with one attached hydrogen (secondary N) is 2. The van der Waals surface area contributed by atoms with Gasteiger partial charge in [-0.3, -0.25) is 9.59 Å². The molecule has 4 heteroatoms. The summed E-state index contributed by atoms with van der Waals surface area (Å²) in [7, 11) is 0. The molecule has 0 radical (unpaired) electrons. The van der Waals surface area contributed by atoms with Crippen LogP contribution in [0.1, 0.15) is 0 Å². The Bertz CT molecular complexity index is 926. The largest absolute Gasteiger partial charge is 0.361 e. The zero-order valence-corrected chi connectivity index (χ0v) is 11.8. The van der Waals surface area contributed by atoms with Crippen molar-refractivity contribution in [2.45, 2.75) is 0 Å². The summed E-state index contributed by atoms with van der Waals surface area (Å²) in [6.07, 6.45) is 2.86. The molecule has 0 aliphatic rings. The third-order valence-electron chi connectivity index (χ3n) is 3.41. The summed E-state index contributed by atoms with van der Waals surface area (Å²) < 4.78 is 0. The summed E-state index contributed by atoms with van der Waals surface area (Å²) in [5.74, 6) is -0.257. The number of fused-ring (bicyclic) bond motifs is 1. The van der Waals surface area contributed by atoms with Gasteiger partial charge in [0.25, 0.3) is 0 Å². The molecular formula is C18H14N2O2. The first kappa shape index (κ1) is 13.8. The van der Waals surface area contributed by atoms with E-state index in [4.69, 9.17) is 0 Å². The molecule has 0 fully saturated rings. The van der Waals surface area contributed by atoms with E-state index in [1.807, 2.05) is 36.4 Å². The molecule has 3 rings (SSSR count). The van der Waals surface area contributed by atoms with Crippen LogP contribution < -0.4 is 10.7 Å². The molecule has 22 heavy (non-hydrogen) atoms. The molecule has 1 heterocycles. The maximum absolute atomic E-state index is 11.9. The smallest absolute Gasteiger partial charge is 0.247 e. The molecule has 0 bridgehead atoms. The summed E-state index contributed by atoms with van der Waals surface area (Å²) in [6, 6.07) is 14.6. The Morgan fingerprint density at radius 1 is 1.09 bits per heavy atom. The van der Waals surface area contributed by atoms with Crippen molar-refractivity contribution in [3.63, 3.8) is 0 Å². The van der Waals surface area contributed by atoms with E-state index >= 15 is 0 Å². The van der Waals surface area contributed by atoms with Crippen molar-refractivity contribution < 1.29 is 4.79 Å². The van der Waals surface area contributed by atoms with Crippen molar-refractivity contribution in [2.75, 3.05) is 5.32 Å². The van der Waals surface area contributed by atoms with Gasteiger partial charge in [0, 0.05) is 28.9 Å². The molecule has 0 aliphatic heterocycles. The van der Waals surface area contributed by atoms with Gasteiger partial charge in [0.15, 0.2) is 5.43 Å². The van der Waals surface area contributed by atoms with E-state index in [0.717, 1.165) is 16.6 Å². The number of carbonyl (C=O) groups is 1. The first-order valence-electron chi connectivity index (χ1n) is 6.83. The maximum Gasteiger partial charge on any atom is 0.247 e. The van der Waals surface area contributed by atoms with E-state index in [9.17, 15) is 9.59 Å². The quantitative estimate of drug-likeness (QED) is 0.727. The van der Waals surface area contributed by atoms with E-state index in [2.05, 4.69) is 16.9 Å². The third kappa shape index (κ3) is 2.67. The van der Waals surface area contributed by atoms with Crippen LogP contribution in [0.3, 0.4) is 0 Å². The molecule has 0 spiro atoms. The van der Waals surface area contributed by atoms with E-state index < -0.39 is 0 Å². The van der Waals surface area contributed by atoms with Crippen LogP contribution in [0.15, 0.2) is 72.2 Å². The summed E-state index contributed by atoms with van der Waals surface area (Å²) in [4.78, 5) is 26.3. The molecule has 3 aromatic rings. The van der Waals surface area contributed by atoms with Gasteiger partial charge in [-0.25, -0.2) is 0 Å². The number of aromatic nitrogens is 1. The highest BCUT2D eigenvalue weighted by Crippen LogP contribution is 2.24. The van der Waals surface area contributed by atoms with Crippen LogP contribution in [0.25, 0.3) is 22.0 Å². The standard InChI is InChI=1S/C18H14N2O2/c1-2-18(22)20-14-5-3-4-12(10-14)13-6-7-16-15(11-13)17(21)8-9-19-16/h2-11H,1H2,(H,19,21)(H,20,22). The minimum atomic E-state index is -0.257. The van der Waals surface area contributed by atoms with Crippen molar-refractivity contribution in [3.8, 4) is 11.1 Å². The summed E-state index contributed by atoms with van der Waals surface area (Å²) in [5, 5.41) is 3.36. The van der Waals surface area contributed by atoms with Crippen LogP contribution in [-0.2, 0) is 4.79 Å². The number of aromatic amines is 1. The van der Waals surface area contributed by atoms with Crippen LogP contribution in [0.5, 0.6) is 0 Å².